The highest BCUT2D eigenvalue weighted by Gasteiger charge is 2.14. The van der Waals surface area contributed by atoms with Gasteiger partial charge >= 0.3 is 0 Å². The predicted octanol–water partition coefficient (Wildman–Crippen LogP) is 10.8. The Bertz CT molecular complexity index is 3210. The second-order valence-electron chi connectivity index (χ2n) is 9.14. The molecular weight excluding hydrogens is 456 g/mol. The molecule has 0 nitrogen and oxygen atoms in total. The van der Waals surface area contributed by atoms with E-state index in [0.29, 0.717) is 0 Å². The van der Waals surface area contributed by atoms with Crippen molar-refractivity contribution in [3.05, 3.63) is 133 Å². The Morgan fingerprint density at radius 2 is 0.711 bits per heavy atom. The fourth-order valence-electron chi connectivity index (χ4n) is 5.41. The lowest BCUT2D eigenvalue weighted by Crippen LogP contribution is -1.88. The van der Waals surface area contributed by atoms with Gasteiger partial charge in [-0.15, -0.1) is 0 Å². The molecule has 0 atom stereocenters. The third-order valence-corrected chi connectivity index (χ3v) is 7.15. The van der Waals surface area contributed by atoms with Gasteiger partial charge in [0.25, 0.3) is 0 Å². The summed E-state index contributed by atoms with van der Waals surface area (Å²) in [6.45, 7) is 0. The molecule has 0 radical (unpaired) electrons. The van der Waals surface area contributed by atoms with Crippen LogP contribution < -0.4 is 0 Å². The molecule has 0 unspecified atom stereocenters. The lowest BCUT2D eigenvalue weighted by Gasteiger charge is -2.15. The van der Waals surface area contributed by atoms with Crippen molar-refractivity contribution in [1.82, 2.24) is 0 Å². The number of benzene rings is 9. The fourth-order valence-corrected chi connectivity index (χ4v) is 5.41. The first-order valence-electron chi connectivity index (χ1n) is 20.4. The average Bonchev–Trinajstić information content (AvgIpc) is 3.14. The first kappa shape index (κ1) is 10.1. The van der Waals surface area contributed by atoms with Gasteiger partial charge in [0.1, 0.15) is 0 Å². The van der Waals surface area contributed by atoms with Crippen LogP contribution in [0.5, 0.6) is 0 Å². The van der Waals surface area contributed by atoms with Crippen LogP contribution in [0, 0.1) is 0 Å². The van der Waals surface area contributed by atoms with Gasteiger partial charge in [0.05, 0.1) is 23.3 Å². The number of rotatable bonds is 2. The summed E-state index contributed by atoms with van der Waals surface area (Å²) in [6, 6.07) is 0.00211. The minimum absolute atomic E-state index is 0.00836. The Labute approximate surface area is 243 Å². The van der Waals surface area contributed by atoms with Crippen LogP contribution >= 0.6 is 0 Å². The molecule has 9 rings (SSSR count). The van der Waals surface area contributed by atoms with Crippen molar-refractivity contribution in [1.29, 1.82) is 0 Å². The van der Waals surface area contributed by atoms with Gasteiger partial charge < -0.3 is 0 Å². The Kier molecular flexibility index (Phi) is 1.94. The van der Waals surface area contributed by atoms with Crippen molar-refractivity contribution < 1.29 is 23.3 Å². The maximum atomic E-state index is 9.10. The molecule has 0 fully saturated rings. The highest BCUT2D eigenvalue weighted by atomic mass is 14.2. The maximum Gasteiger partial charge on any atom is 0.0630 e. The third-order valence-electron chi connectivity index (χ3n) is 7.15. The normalized spacial score (nSPS) is 18.5. The minimum Gasteiger partial charge on any atom is -0.0610 e. The van der Waals surface area contributed by atoms with Gasteiger partial charge in [0.2, 0.25) is 0 Å². The van der Waals surface area contributed by atoms with Crippen molar-refractivity contribution >= 4 is 64.6 Å². The summed E-state index contributed by atoms with van der Waals surface area (Å²) in [4.78, 5) is 0. The summed E-state index contributed by atoms with van der Waals surface area (Å²) in [5.41, 5.74) is 0.595. The molecule has 9 aromatic carbocycles. The molecule has 0 heterocycles. The third kappa shape index (κ3) is 2.64. The lowest BCUT2D eigenvalue weighted by atomic mass is 9.88. The van der Waals surface area contributed by atoms with Crippen molar-refractivity contribution in [3.63, 3.8) is 0 Å². The smallest absolute Gasteiger partial charge is 0.0610 e. The summed E-state index contributed by atoms with van der Waals surface area (Å²) in [7, 11) is 0. The summed E-state index contributed by atoms with van der Waals surface area (Å²) in [6.07, 6.45) is 0. The predicted molar refractivity (Wildman–Crippen MR) is 165 cm³/mol. The molecule has 0 aliphatic carbocycles. The van der Waals surface area contributed by atoms with E-state index >= 15 is 0 Å². The molecule has 0 bridgehead atoms. The Morgan fingerprint density at radius 3 is 1.18 bits per heavy atom. The maximum absolute atomic E-state index is 9.10. The van der Waals surface area contributed by atoms with E-state index in [4.69, 9.17) is 23.3 Å². The zero-order valence-corrected chi connectivity index (χ0v) is 19.4. The molecule has 9 aromatic rings. The Hall–Kier alpha value is -4.94. The molecule has 174 valence electrons. The van der Waals surface area contributed by atoms with Gasteiger partial charge in [0.15, 0.2) is 0 Å². The van der Waals surface area contributed by atoms with Crippen LogP contribution in [-0.2, 0) is 0 Å². The molecule has 0 aliphatic rings. The van der Waals surface area contributed by atoms with Gasteiger partial charge in [-0.25, -0.2) is 0 Å². The van der Waals surface area contributed by atoms with Crippen LogP contribution in [0.3, 0.4) is 0 Å². The summed E-state index contributed by atoms with van der Waals surface area (Å²) < 4.78 is 150. The SMILES string of the molecule is [2H]c1c([2H])c2c([2H])c([2H])c3c([2H])c([2H])c(-c4ccc(-c5c([2H])c([2H])c6c([2H])c([2H])c7c([2H])cc([2H])c8c([2H])c([2H])c5c6c78)cc4)c4c([2H])c([2H])c(c1[2H])c2c34. The first-order valence-corrected chi connectivity index (χ1v) is 11.9. The van der Waals surface area contributed by atoms with E-state index in [0.717, 1.165) is 6.07 Å². The van der Waals surface area contributed by atoms with Crippen molar-refractivity contribution in [2.45, 2.75) is 0 Å². The van der Waals surface area contributed by atoms with Crippen LogP contribution in [0.25, 0.3) is 86.9 Å². The van der Waals surface area contributed by atoms with Gasteiger partial charge in [-0.1, -0.05) is 133 Å². The molecule has 38 heavy (non-hydrogen) atoms. The zero-order valence-electron chi connectivity index (χ0n) is 36.4. The lowest BCUT2D eigenvalue weighted by molar-refractivity contribution is 1.64. The molecule has 0 aliphatic heterocycles. The number of hydrogen-bond donors (Lipinski definition) is 0. The van der Waals surface area contributed by atoms with Crippen molar-refractivity contribution in [2.75, 3.05) is 0 Å². The monoisotopic (exact) mass is 495 g/mol. The van der Waals surface area contributed by atoms with E-state index in [1.54, 1.807) is 0 Å². The zero-order chi connectivity index (χ0) is 39.6. The molecule has 0 amide bonds. The standard InChI is InChI=1S/C38H22/c1-3-25-11-13-29-15-19-31(33-21-17-27(5-1)35(25)37(29)33)23-7-9-24(10-8-23)32-20-16-30-14-12-26-4-2-6-28-18-22-34(32)38(30)36(26)28/h1-22H/i1D,3D,4D,5D,6D,11D,12D,13D,14D,15D,16D,17D,18D,19D,20D,21D,22D. The molecule has 0 heteroatoms. The van der Waals surface area contributed by atoms with Crippen LogP contribution in [0.1, 0.15) is 23.3 Å². The van der Waals surface area contributed by atoms with Gasteiger partial charge in [-0.3, -0.25) is 0 Å². The highest BCUT2D eigenvalue weighted by Crippen LogP contribution is 2.41. The summed E-state index contributed by atoms with van der Waals surface area (Å²) in [5, 5.41) is -0.312. The van der Waals surface area contributed by atoms with E-state index in [1.165, 1.54) is 24.3 Å². The molecule has 0 aromatic heterocycles. The highest BCUT2D eigenvalue weighted by molar-refractivity contribution is 6.26. The second-order valence-corrected chi connectivity index (χ2v) is 9.14. The summed E-state index contributed by atoms with van der Waals surface area (Å²) >= 11 is 0. The Morgan fingerprint density at radius 1 is 0.342 bits per heavy atom. The molecular formula is C38H22. The van der Waals surface area contributed by atoms with Crippen molar-refractivity contribution in [3.8, 4) is 22.3 Å². The molecule has 0 saturated carbocycles. The fraction of sp³-hybridized carbons (Fsp3) is 0. The molecule has 0 N–H and O–H groups in total. The number of hydrogen-bond acceptors (Lipinski definition) is 0. The van der Waals surface area contributed by atoms with Crippen molar-refractivity contribution in [2.24, 2.45) is 0 Å². The molecule has 0 spiro atoms. The summed E-state index contributed by atoms with van der Waals surface area (Å²) in [5.74, 6) is 0. The van der Waals surface area contributed by atoms with E-state index < -0.39 is 78.6 Å². The van der Waals surface area contributed by atoms with Crippen LogP contribution in [0.15, 0.2) is 133 Å². The average molecular weight is 496 g/mol. The van der Waals surface area contributed by atoms with Crippen LogP contribution in [-0.4, -0.2) is 0 Å². The van der Waals surface area contributed by atoms with E-state index in [-0.39, 0.29) is 111 Å². The topological polar surface area (TPSA) is 0 Å². The first-order chi connectivity index (χ1) is 25.9. The quantitative estimate of drug-likeness (QED) is 0.209. The van der Waals surface area contributed by atoms with Crippen LogP contribution in [0.2, 0.25) is 0 Å². The van der Waals surface area contributed by atoms with Gasteiger partial charge in [0, 0.05) is 0 Å². The van der Waals surface area contributed by atoms with E-state index in [1.807, 2.05) is 0 Å². The van der Waals surface area contributed by atoms with E-state index in [9.17, 15) is 0 Å². The van der Waals surface area contributed by atoms with E-state index in [2.05, 4.69) is 0 Å². The largest absolute Gasteiger partial charge is 0.0630 e. The van der Waals surface area contributed by atoms with Gasteiger partial charge in [-0.05, 0) is 86.9 Å². The minimum atomic E-state index is -0.570. The van der Waals surface area contributed by atoms with Crippen LogP contribution in [0.4, 0.5) is 0 Å². The Balaban J connectivity index is 1.39. The molecule has 0 saturated heterocycles. The second kappa shape index (κ2) is 7.31. The van der Waals surface area contributed by atoms with Gasteiger partial charge in [-0.2, -0.15) is 0 Å².